The van der Waals surface area contributed by atoms with Crippen LogP contribution in [-0.4, -0.2) is 78.7 Å². The molecule has 12 heteroatoms. The highest BCUT2D eigenvalue weighted by Gasteiger charge is 2.17. The molecule has 0 atom stereocenters. The van der Waals surface area contributed by atoms with Gasteiger partial charge in [0.25, 0.3) is 0 Å². The van der Waals surface area contributed by atoms with Gasteiger partial charge in [-0.2, -0.15) is 0 Å². The number of aromatic nitrogens is 1. The van der Waals surface area contributed by atoms with Crippen LogP contribution in [0.4, 0.5) is 17.1 Å². The summed E-state index contributed by atoms with van der Waals surface area (Å²) in [5.74, 6) is 1.49. The van der Waals surface area contributed by atoms with Crippen molar-refractivity contribution in [1.82, 2.24) is 4.98 Å². The minimum absolute atomic E-state index is 0.285. The first-order valence-electron chi connectivity index (χ1n) is 14.8. The number of hydrogen-bond acceptors (Lipinski definition) is 9. The molecule has 2 aromatic carbocycles. The normalized spacial score (nSPS) is 11.4. The first-order valence-corrected chi connectivity index (χ1v) is 15.5. The number of ether oxygens (including phenoxy) is 7. The van der Waals surface area contributed by atoms with Gasteiger partial charge in [0.15, 0.2) is 11.5 Å². The molecule has 10 nitrogen and oxygen atoms in total. The third-order valence-electron chi connectivity index (χ3n) is 6.56. The number of hydrogen-bond donors (Lipinski definition) is 1. The molecule has 45 heavy (non-hydrogen) atoms. The molecule has 1 aromatic heterocycles. The SMILES string of the molecule is [C-]#[N+]c1cnc2cc(OCCCOCCOCCOCCOCCC(C)(C)C)c(OC)cc2c1Nc1cc(OC)c(Cl)cc1Cl. The molecule has 0 radical (unpaired) electrons. The van der Waals surface area contributed by atoms with Crippen molar-refractivity contribution in [2.45, 2.75) is 33.6 Å². The Hall–Kier alpha value is -3.04. The summed E-state index contributed by atoms with van der Waals surface area (Å²) in [6.45, 7) is 19.1. The molecule has 0 saturated carbocycles. The molecule has 0 saturated heterocycles. The van der Waals surface area contributed by atoms with E-state index < -0.39 is 0 Å². The van der Waals surface area contributed by atoms with Crippen LogP contribution in [0.5, 0.6) is 17.2 Å². The molecular weight excluding hydrogens is 621 g/mol. The highest BCUT2D eigenvalue weighted by molar-refractivity contribution is 6.37. The van der Waals surface area contributed by atoms with Gasteiger partial charge in [-0.25, -0.2) is 4.85 Å². The Bertz CT molecular complexity index is 1410. The van der Waals surface area contributed by atoms with Crippen molar-refractivity contribution in [3.05, 3.63) is 51.9 Å². The molecule has 1 N–H and O–H groups in total. The third-order valence-corrected chi connectivity index (χ3v) is 7.17. The lowest BCUT2D eigenvalue weighted by Crippen LogP contribution is -2.14. The van der Waals surface area contributed by atoms with Crippen LogP contribution >= 0.6 is 23.2 Å². The average molecular weight is 665 g/mol. The molecule has 0 bridgehead atoms. The molecule has 0 aliphatic carbocycles. The van der Waals surface area contributed by atoms with E-state index in [9.17, 15) is 0 Å². The van der Waals surface area contributed by atoms with Crippen LogP contribution < -0.4 is 19.5 Å². The maximum Gasteiger partial charge on any atom is 0.228 e. The number of nitrogens with zero attached hydrogens (tertiary/aromatic N) is 2. The monoisotopic (exact) mass is 663 g/mol. The van der Waals surface area contributed by atoms with E-state index in [-0.39, 0.29) is 5.41 Å². The summed E-state index contributed by atoms with van der Waals surface area (Å²) in [7, 11) is 3.08. The number of nitrogens with one attached hydrogen (secondary N) is 1. The van der Waals surface area contributed by atoms with Crippen LogP contribution in [0.25, 0.3) is 15.7 Å². The van der Waals surface area contributed by atoms with Crippen LogP contribution in [0.15, 0.2) is 30.5 Å². The van der Waals surface area contributed by atoms with Gasteiger partial charge in [0, 0.05) is 43.4 Å². The van der Waals surface area contributed by atoms with Crippen LogP contribution in [0.1, 0.15) is 33.6 Å². The smallest absolute Gasteiger partial charge is 0.228 e. The topological polar surface area (TPSA) is 93.9 Å². The van der Waals surface area contributed by atoms with Crippen molar-refractivity contribution >= 4 is 51.2 Å². The van der Waals surface area contributed by atoms with Crippen LogP contribution in [0, 0.1) is 12.0 Å². The van der Waals surface area contributed by atoms with Crippen molar-refractivity contribution in [2.24, 2.45) is 5.41 Å². The summed E-state index contributed by atoms with van der Waals surface area (Å²) in [6, 6.07) is 6.83. The highest BCUT2D eigenvalue weighted by atomic mass is 35.5. The summed E-state index contributed by atoms with van der Waals surface area (Å²) in [5, 5.41) is 4.67. The Kier molecular flexibility index (Phi) is 15.2. The Labute approximate surface area is 276 Å². The van der Waals surface area contributed by atoms with Gasteiger partial charge in [0.1, 0.15) is 5.75 Å². The molecule has 3 rings (SSSR count). The first kappa shape index (κ1) is 36.4. The van der Waals surface area contributed by atoms with Crippen molar-refractivity contribution in [2.75, 3.05) is 79.0 Å². The Morgan fingerprint density at radius 3 is 1.98 bits per heavy atom. The van der Waals surface area contributed by atoms with Gasteiger partial charge >= 0.3 is 0 Å². The van der Waals surface area contributed by atoms with E-state index in [1.54, 1.807) is 31.4 Å². The van der Waals surface area contributed by atoms with Gasteiger partial charge in [-0.3, -0.25) is 4.98 Å². The van der Waals surface area contributed by atoms with E-state index in [1.807, 2.05) is 0 Å². The molecule has 246 valence electrons. The average Bonchev–Trinajstić information content (AvgIpc) is 3.01. The van der Waals surface area contributed by atoms with E-state index in [0.717, 1.165) is 13.0 Å². The van der Waals surface area contributed by atoms with Crippen LogP contribution in [0.2, 0.25) is 10.0 Å². The van der Waals surface area contributed by atoms with Gasteiger partial charge in [-0.15, -0.1) is 0 Å². The molecule has 0 aliphatic heterocycles. The lowest BCUT2D eigenvalue weighted by Gasteiger charge is -2.17. The summed E-state index contributed by atoms with van der Waals surface area (Å²) < 4.78 is 39.2. The number of pyridine rings is 1. The van der Waals surface area contributed by atoms with Gasteiger partial charge < -0.3 is 38.5 Å². The van der Waals surface area contributed by atoms with Gasteiger partial charge in [-0.1, -0.05) is 44.0 Å². The zero-order valence-electron chi connectivity index (χ0n) is 26.7. The lowest BCUT2D eigenvalue weighted by molar-refractivity contribution is -0.00487. The minimum Gasteiger partial charge on any atom is -0.495 e. The van der Waals surface area contributed by atoms with Crippen molar-refractivity contribution in [3.63, 3.8) is 0 Å². The summed E-state index contributed by atoms with van der Waals surface area (Å²) in [5.41, 5.74) is 2.26. The zero-order chi connectivity index (χ0) is 32.7. The van der Waals surface area contributed by atoms with Crippen molar-refractivity contribution in [3.8, 4) is 17.2 Å². The van der Waals surface area contributed by atoms with E-state index >= 15 is 0 Å². The third kappa shape index (κ3) is 12.0. The second kappa shape index (κ2) is 18.8. The summed E-state index contributed by atoms with van der Waals surface area (Å²) in [4.78, 5) is 8.10. The predicted octanol–water partition coefficient (Wildman–Crippen LogP) is 8.12. The molecule has 3 aromatic rings. The number of rotatable bonds is 20. The number of anilines is 2. The van der Waals surface area contributed by atoms with E-state index in [0.29, 0.717) is 115 Å². The fourth-order valence-electron chi connectivity index (χ4n) is 4.08. The Morgan fingerprint density at radius 1 is 0.756 bits per heavy atom. The number of halogens is 2. The molecular formula is C33H43Cl2N3O7. The van der Waals surface area contributed by atoms with E-state index in [1.165, 1.54) is 13.3 Å². The molecule has 0 spiro atoms. The van der Waals surface area contributed by atoms with Gasteiger partial charge in [0.05, 0.1) is 94.0 Å². The van der Waals surface area contributed by atoms with Gasteiger partial charge in [0.2, 0.25) is 5.69 Å². The summed E-state index contributed by atoms with van der Waals surface area (Å²) >= 11 is 12.6. The second-order valence-electron chi connectivity index (χ2n) is 11.2. The number of methoxy groups -OCH3 is 2. The molecule has 0 fully saturated rings. The van der Waals surface area contributed by atoms with Crippen LogP contribution in [-0.2, 0) is 18.9 Å². The quantitative estimate of drug-likeness (QED) is 0.0950. The fraction of sp³-hybridized carbons (Fsp3) is 0.515. The molecule has 0 amide bonds. The number of fused-ring (bicyclic) bond motifs is 1. The second-order valence-corrected chi connectivity index (χ2v) is 12.0. The van der Waals surface area contributed by atoms with E-state index in [2.05, 4.69) is 35.9 Å². The Morgan fingerprint density at radius 2 is 1.38 bits per heavy atom. The van der Waals surface area contributed by atoms with E-state index in [4.69, 9.17) is 62.9 Å². The fourth-order valence-corrected chi connectivity index (χ4v) is 4.58. The lowest BCUT2D eigenvalue weighted by atomic mass is 9.93. The van der Waals surface area contributed by atoms with Crippen LogP contribution in [0.3, 0.4) is 0 Å². The molecule has 0 aliphatic rings. The molecule has 1 heterocycles. The zero-order valence-corrected chi connectivity index (χ0v) is 28.2. The standard InChI is InChI=1S/C33H43Cl2N3O7/c1-33(2,3)8-11-42-13-15-44-17-16-43-14-12-41-9-7-10-45-31-20-26-23(18-30(31)40-6)32(28(36-4)22-37-26)38-27-21-29(39-5)25(35)19-24(27)34/h18-22H,7-17H2,1-3,5-6H3,(H,37,38). The maximum atomic E-state index is 7.66. The van der Waals surface area contributed by atoms with Crippen molar-refractivity contribution < 1.29 is 33.2 Å². The maximum absolute atomic E-state index is 7.66. The molecule has 0 unspecified atom stereocenters. The first-order chi connectivity index (χ1) is 21.7. The van der Waals surface area contributed by atoms with Crippen molar-refractivity contribution in [1.29, 1.82) is 0 Å². The largest absolute Gasteiger partial charge is 0.495 e. The number of benzene rings is 2. The minimum atomic E-state index is 0.285. The highest BCUT2D eigenvalue weighted by Crippen LogP contribution is 2.42. The predicted molar refractivity (Wildman–Crippen MR) is 178 cm³/mol. The Balaban J connectivity index is 1.42. The summed E-state index contributed by atoms with van der Waals surface area (Å²) in [6.07, 6.45) is 3.20. The van der Waals surface area contributed by atoms with Gasteiger partial charge in [-0.05, 0) is 24.0 Å².